The van der Waals surface area contributed by atoms with Crippen LogP contribution in [0.3, 0.4) is 0 Å². The summed E-state index contributed by atoms with van der Waals surface area (Å²) in [6.45, 7) is 2.13. The molecule has 0 fully saturated rings. The molecule has 1 atom stereocenters. The van der Waals surface area contributed by atoms with Crippen LogP contribution in [0.5, 0.6) is 0 Å². The average Bonchev–Trinajstić information content (AvgIpc) is 2.27. The van der Waals surface area contributed by atoms with Crippen molar-refractivity contribution in [3.8, 4) is 0 Å². The number of allylic oxidation sites excluding steroid dienone is 3. The van der Waals surface area contributed by atoms with Gasteiger partial charge in [-0.25, -0.2) is 0 Å². The molecule has 0 aromatic carbocycles. The maximum atomic E-state index is 3.37. The Morgan fingerprint density at radius 2 is 2.40 bits per heavy atom. The van der Waals surface area contributed by atoms with E-state index in [2.05, 4.69) is 29.7 Å². The van der Waals surface area contributed by atoms with Crippen molar-refractivity contribution in [3.05, 3.63) is 23.5 Å². The predicted molar refractivity (Wildman–Crippen MR) is 41.1 cm³/mol. The van der Waals surface area contributed by atoms with E-state index in [1.807, 2.05) is 0 Å². The molecule has 0 bridgehead atoms. The van der Waals surface area contributed by atoms with Crippen LogP contribution in [0.15, 0.2) is 23.5 Å². The van der Waals surface area contributed by atoms with Gasteiger partial charge in [0.25, 0.3) is 0 Å². The summed E-state index contributed by atoms with van der Waals surface area (Å²) in [5.74, 6) is 0. The predicted octanol–water partition coefficient (Wildman–Crippen LogP) is 1.09. The molecule has 0 aromatic heterocycles. The standard InChI is InChI=1S/C8H12N2/c1-6-9-7-4-2-3-5-8(7)10-6/h2,4,6,9-10H,3,5H2,1H3. The summed E-state index contributed by atoms with van der Waals surface area (Å²) < 4.78 is 0. The van der Waals surface area contributed by atoms with Crippen molar-refractivity contribution in [2.24, 2.45) is 0 Å². The summed E-state index contributed by atoms with van der Waals surface area (Å²) in [5, 5.41) is 6.71. The van der Waals surface area contributed by atoms with E-state index >= 15 is 0 Å². The molecule has 1 heterocycles. The third kappa shape index (κ3) is 0.801. The molecule has 0 amide bonds. The molecule has 54 valence electrons. The van der Waals surface area contributed by atoms with Crippen molar-refractivity contribution >= 4 is 0 Å². The van der Waals surface area contributed by atoms with Crippen LogP contribution >= 0.6 is 0 Å². The van der Waals surface area contributed by atoms with Crippen LogP contribution < -0.4 is 10.6 Å². The van der Waals surface area contributed by atoms with Crippen molar-refractivity contribution in [3.63, 3.8) is 0 Å². The lowest BCUT2D eigenvalue weighted by molar-refractivity contribution is 0.600. The highest BCUT2D eigenvalue weighted by Gasteiger charge is 2.17. The van der Waals surface area contributed by atoms with Gasteiger partial charge >= 0.3 is 0 Å². The van der Waals surface area contributed by atoms with E-state index in [4.69, 9.17) is 0 Å². The largest absolute Gasteiger partial charge is 0.367 e. The molecule has 0 radical (unpaired) electrons. The first kappa shape index (κ1) is 5.83. The molecule has 1 aliphatic heterocycles. The van der Waals surface area contributed by atoms with Crippen molar-refractivity contribution in [1.29, 1.82) is 0 Å². The Bertz CT molecular complexity index is 203. The minimum atomic E-state index is 0.424. The average molecular weight is 136 g/mol. The zero-order valence-electron chi connectivity index (χ0n) is 6.15. The van der Waals surface area contributed by atoms with Gasteiger partial charge in [-0.15, -0.1) is 0 Å². The summed E-state index contributed by atoms with van der Waals surface area (Å²) >= 11 is 0. The Morgan fingerprint density at radius 3 is 3.20 bits per heavy atom. The fraction of sp³-hybridized carbons (Fsp3) is 0.500. The minimum absolute atomic E-state index is 0.424. The number of nitrogens with one attached hydrogen (secondary N) is 2. The summed E-state index contributed by atoms with van der Waals surface area (Å²) in [7, 11) is 0. The molecule has 0 saturated heterocycles. The lowest BCUT2D eigenvalue weighted by atomic mass is 10.1. The summed E-state index contributed by atoms with van der Waals surface area (Å²) in [6.07, 6.45) is 7.15. The molecular weight excluding hydrogens is 124 g/mol. The molecule has 2 heteroatoms. The molecule has 2 N–H and O–H groups in total. The van der Waals surface area contributed by atoms with Gasteiger partial charge in [-0.3, -0.25) is 0 Å². The van der Waals surface area contributed by atoms with Crippen LogP contribution in [0.25, 0.3) is 0 Å². The van der Waals surface area contributed by atoms with Gasteiger partial charge in [-0.1, -0.05) is 6.08 Å². The first-order valence-corrected chi connectivity index (χ1v) is 3.79. The zero-order chi connectivity index (χ0) is 6.97. The van der Waals surface area contributed by atoms with E-state index < -0.39 is 0 Å². The lowest BCUT2D eigenvalue weighted by Gasteiger charge is -2.06. The summed E-state index contributed by atoms with van der Waals surface area (Å²) in [5.41, 5.74) is 2.67. The van der Waals surface area contributed by atoms with Gasteiger partial charge in [0, 0.05) is 5.70 Å². The van der Waals surface area contributed by atoms with E-state index in [0.717, 1.165) is 0 Å². The first-order chi connectivity index (χ1) is 4.86. The lowest BCUT2D eigenvalue weighted by Crippen LogP contribution is -2.28. The maximum Gasteiger partial charge on any atom is 0.0933 e. The molecule has 0 saturated carbocycles. The summed E-state index contributed by atoms with van der Waals surface area (Å²) in [4.78, 5) is 0. The van der Waals surface area contributed by atoms with Crippen LogP contribution in [0.2, 0.25) is 0 Å². The van der Waals surface area contributed by atoms with Crippen LogP contribution in [0, 0.1) is 0 Å². The molecule has 2 aliphatic rings. The molecule has 0 aromatic rings. The Kier molecular flexibility index (Phi) is 1.19. The topological polar surface area (TPSA) is 24.1 Å². The van der Waals surface area contributed by atoms with Gasteiger partial charge in [-0.05, 0) is 25.8 Å². The van der Waals surface area contributed by atoms with E-state index in [0.29, 0.717) is 6.17 Å². The summed E-state index contributed by atoms with van der Waals surface area (Å²) in [6, 6.07) is 0. The van der Waals surface area contributed by atoms with Gasteiger partial charge in [0.2, 0.25) is 0 Å². The molecular formula is C8H12N2. The molecule has 1 aliphatic carbocycles. The highest BCUT2D eigenvalue weighted by atomic mass is 15.2. The van der Waals surface area contributed by atoms with Crippen LogP contribution in [-0.4, -0.2) is 6.17 Å². The highest BCUT2D eigenvalue weighted by molar-refractivity contribution is 5.30. The highest BCUT2D eigenvalue weighted by Crippen LogP contribution is 2.18. The Balaban J connectivity index is 2.21. The second-order valence-electron chi connectivity index (χ2n) is 2.84. The van der Waals surface area contributed by atoms with Gasteiger partial charge in [-0.2, -0.15) is 0 Å². The van der Waals surface area contributed by atoms with Crippen LogP contribution in [-0.2, 0) is 0 Å². The number of hydrogen-bond acceptors (Lipinski definition) is 2. The monoisotopic (exact) mass is 136 g/mol. The second-order valence-corrected chi connectivity index (χ2v) is 2.84. The van der Waals surface area contributed by atoms with Gasteiger partial charge < -0.3 is 10.6 Å². The van der Waals surface area contributed by atoms with Crippen molar-refractivity contribution in [2.45, 2.75) is 25.9 Å². The zero-order valence-corrected chi connectivity index (χ0v) is 6.15. The molecule has 2 rings (SSSR count). The van der Waals surface area contributed by atoms with Crippen LogP contribution in [0.1, 0.15) is 19.8 Å². The van der Waals surface area contributed by atoms with Crippen molar-refractivity contribution in [1.82, 2.24) is 10.6 Å². The minimum Gasteiger partial charge on any atom is -0.367 e. The maximum absolute atomic E-state index is 3.37. The SMILES string of the molecule is CC1NC2=C(CCC=C2)N1. The molecule has 10 heavy (non-hydrogen) atoms. The third-order valence-corrected chi connectivity index (χ3v) is 1.93. The number of rotatable bonds is 0. The number of hydrogen-bond donors (Lipinski definition) is 2. The molecule has 2 nitrogen and oxygen atoms in total. The second kappa shape index (κ2) is 2.04. The van der Waals surface area contributed by atoms with Gasteiger partial charge in [0.05, 0.1) is 11.9 Å². The van der Waals surface area contributed by atoms with E-state index in [1.54, 1.807) is 0 Å². The van der Waals surface area contributed by atoms with Gasteiger partial charge in [0.1, 0.15) is 0 Å². The smallest absolute Gasteiger partial charge is 0.0933 e. The Labute approximate surface area is 61.0 Å². The van der Waals surface area contributed by atoms with Gasteiger partial charge in [0.15, 0.2) is 0 Å². The first-order valence-electron chi connectivity index (χ1n) is 3.79. The Morgan fingerprint density at radius 1 is 1.50 bits per heavy atom. The fourth-order valence-electron chi connectivity index (χ4n) is 1.48. The van der Waals surface area contributed by atoms with E-state index in [1.165, 1.54) is 24.2 Å². The van der Waals surface area contributed by atoms with Crippen LogP contribution in [0.4, 0.5) is 0 Å². The quantitative estimate of drug-likeness (QED) is 0.521. The van der Waals surface area contributed by atoms with Crippen molar-refractivity contribution in [2.75, 3.05) is 0 Å². The van der Waals surface area contributed by atoms with E-state index in [-0.39, 0.29) is 0 Å². The fourth-order valence-corrected chi connectivity index (χ4v) is 1.48. The van der Waals surface area contributed by atoms with E-state index in [9.17, 15) is 0 Å². The van der Waals surface area contributed by atoms with Crippen molar-refractivity contribution < 1.29 is 0 Å². The normalized spacial score (nSPS) is 29.5. The Hall–Kier alpha value is -0.920. The molecule has 1 unspecified atom stereocenters. The molecule has 0 spiro atoms. The third-order valence-electron chi connectivity index (χ3n) is 1.93.